The Labute approximate surface area is 78.5 Å². The van der Waals surface area contributed by atoms with E-state index in [4.69, 9.17) is 5.26 Å². The second-order valence-corrected chi connectivity index (χ2v) is 3.72. The fourth-order valence-electron chi connectivity index (χ4n) is 0.768. The molecule has 3 heteroatoms. The number of thioether (sulfide) groups is 1. The molecule has 0 spiro atoms. The zero-order valence-electron chi connectivity index (χ0n) is 5.97. The van der Waals surface area contributed by atoms with Crippen LogP contribution in [0.3, 0.4) is 0 Å². The molecule has 0 saturated carbocycles. The highest BCUT2D eigenvalue weighted by molar-refractivity contribution is 9.10. The van der Waals surface area contributed by atoms with Crippen LogP contribution < -0.4 is 0 Å². The van der Waals surface area contributed by atoms with E-state index >= 15 is 0 Å². The third-order valence-electron chi connectivity index (χ3n) is 1.28. The van der Waals surface area contributed by atoms with Gasteiger partial charge >= 0.3 is 0 Å². The van der Waals surface area contributed by atoms with Crippen LogP contribution in [0.1, 0.15) is 5.56 Å². The molecule has 0 amide bonds. The summed E-state index contributed by atoms with van der Waals surface area (Å²) in [4.78, 5) is 1.02. The first kappa shape index (κ1) is 8.63. The lowest BCUT2D eigenvalue weighted by Gasteiger charge is -1.98. The van der Waals surface area contributed by atoms with Gasteiger partial charge in [0.2, 0.25) is 0 Å². The Bertz CT molecular complexity index is 303. The van der Waals surface area contributed by atoms with Gasteiger partial charge in [0, 0.05) is 9.37 Å². The Balaban J connectivity index is 3.19. The first-order chi connectivity index (χ1) is 5.27. The second-order valence-electron chi connectivity index (χ2n) is 1.96. The summed E-state index contributed by atoms with van der Waals surface area (Å²) in [5.74, 6) is 0. The maximum atomic E-state index is 8.69. The van der Waals surface area contributed by atoms with Crippen LogP contribution in [0.2, 0.25) is 0 Å². The van der Waals surface area contributed by atoms with Crippen molar-refractivity contribution in [1.82, 2.24) is 0 Å². The van der Waals surface area contributed by atoms with E-state index in [0.717, 1.165) is 14.9 Å². The lowest BCUT2D eigenvalue weighted by atomic mass is 10.2. The van der Waals surface area contributed by atoms with Gasteiger partial charge in [0.05, 0.1) is 5.56 Å². The average molecular weight is 228 g/mol. The van der Waals surface area contributed by atoms with Crippen molar-refractivity contribution in [1.29, 1.82) is 5.26 Å². The Hall–Kier alpha value is -0.460. The molecule has 0 aliphatic heterocycles. The van der Waals surface area contributed by atoms with Gasteiger partial charge in [-0.15, -0.1) is 11.8 Å². The Morgan fingerprint density at radius 3 is 2.82 bits per heavy atom. The summed E-state index contributed by atoms with van der Waals surface area (Å²) in [6.45, 7) is 0. The molecule has 56 valence electrons. The van der Waals surface area contributed by atoms with Crippen molar-refractivity contribution in [2.75, 3.05) is 6.26 Å². The molecule has 0 aliphatic rings. The molecule has 1 aromatic rings. The molecule has 0 unspecified atom stereocenters. The molecule has 0 N–H and O–H groups in total. The molecule has 0 aromatic heterocycles. The van der Waals surface area contributed by atoms with Crippen molar-refractivity contribution in [2.45, 2.75) is 4.90 Å². The smallest absolute Gasteiger partial charge is 0.100 e. The van der Waals surface area contributed by atoms with Gasteiger partial charge < -0.3 is 0 Å². The third-order valence-corrected chi connectivity index (χ3v) is 2.57. The number of hydrogen-bond acceptors (Lipinski definition) is 2. The highest BCUT2D eigenvalue weighted by Gasteiger charge is 1.99. The third kappa shape index (κ3) is 1.98. The van der Waals surface area contributed by atoms with Crippen LogP contribution in [-0.4, -0.2) is 6.26 Å². The van der Waals surface area contributed by atoms with Gasteiger partial charge in [0.25, 0.3) is 0 Å². The van der Waals surface area contributed by atoms with Crippen LogP contribution in [0.5, 0.6) is 0 Å². The number of halogens is 1. The van der Waals surface area contributed by atoms with E-state index in [1.165, 1.54) is 0 Å². The lowest BCUT2D eigenvalue weighted by Crippen LogP contribution is -1.78. The van der Waals surface area contributed by atoms with E-state index in [0.29, 0.717) is 0 Å². The van der Waals surface area contributed by atoms with Gasteiger partial charge in [0.1, 0.15) is 6.07 Å². The van der Waals surface area contributed by atoms with Gasteiger partial charge in [-0.2, -0.15) is 5.26 Å². The van der Waals surface area contributed by atoms with Crippen LogP contribution in [0.4, 0.5) is 0 Å². The summed E-state index contributed by atoms with van der Waals surface area (Å²) in [7, 11) is 0. The topological polar surface area (TPSA) is 23.8 Å². The van der Waals surface area contributed by atoms with Crippen molar-refractivity contribution in [2.24, 2.45) is 0 Å². The lowest BCUT2D eigenvalue weighted by molar-refractivity contribution is 1.36. The highest BCUT2D eigenvalue weighted by Crippen LogP contribution is 2.22. The van der Waals surface area contributed by atoms with E-state index in [2.05, 4.69) is 22.0 Å². The van der Waals surface area contributed by atoms with Gasteiger partial charge in [-0.1, -0.05) is 15.9 Å². The molecule has 0 radical (unpaired) electrons. The Morgan fingerprint density at radius 2 is 2.27 bits per heavy atom. The van der Waals surface area contributed by atoms with Crippen LogP contribution in [0.25, 0.3) is 0 Å². The minimum atomic E-state index is 0.729. The van der Waals surface area contributed by atoms with Crippen molar-refractivity contribution < 1.29 is 0 Å². The SMILES string of the molecule is CSc1ccc(Br)cc1C#N. The largest absolute Gasteiger partial charge is 0.192 e. The predicted octanol–water partition coefficient (Wildman–Crippen LogP) is 3.04. The zero-order valence-corrected chi connectivity index (χ0v) is 8.37. The molecule has 0 bridgehead atoms. The maximum absolute atomic E-state index is 8.69. The fourth-order valence-corrected chi connectivity index (χ4v) is 1.66. The minimum absolute atomic E-state index is 0.729. The van der Waals surface area contributed by atoms with E-state index < -0.39 is 0 Å². The summed E-state index contributed by atoms with van der Waals surface area (Å²) in [6.07, 6.45) is 1.96. The summed E-state index contributed by atoms with van der Waals surface area (Å²) in [5, 5.41) is 8.69. The van der Waals surface area contributed by atoms with E-state index in [1.54, 1.807) is 11.8 Å². The summed E-state index contributed by atoms with van der Waals surface area (Å²) < 4.78 is 0.951. The molecule has 0 saturated heterocycles. The molecule has 0 heterocycles. The molecule has 0 aliphatic carbocycles. The van der Waals surface area contributed by atoms with Crippen molar-refractivity contribution in [3.05, 3.63) is 28.2 Å². The molecule has 0 atom stereocenters. The van der Waals surface area contributed by atoms with Gasteiger partial charge in [0.15, 0.2) is 0 Å². The van der Waals surface area contributed by atoms with Crippen molar-refractivity contribution in [3.8, 4) is 6.07 Å². The molecular formula is C8H6BrNS. The molecule has 1 nitrogen and oxygen atoms in total. The van der Waals surface area contributed by atoms with Crippen LogP contribution in [0, 0.1) is 11.3 Å². The molecule has 1 rings (SSSR count). The van der Waals surface area contributed by atoms with Crippen LogP contribution in [0.15, 0.2) is 27.6 Å². The van der Waals surface area contributed by atoms with E-state index in [-0.39, 0.29) is 0 Å². The predicted molar refractivity (Wildman–Crippen MR) is 50.6 cm³/mol. The second kappa shape index (κ2) is 3.80. The molecule has 1 aromatic carbocycles. The molecule has 0 fully saturated rings. The number of nitrogens with zero attached hydrogens (tertiary/aromatic N) is 1. The monoisotopic (exact) mass is 227 g/mol. The van der Waals surface area contributed by atoms with Gasteiger partial charge in [-0.05, 0) is 24.5 Å². The molecular weight excluding hydrogens is 222 g/mol. The molecule has 11 heavy (non-hydrogen) atoms. The maximum Gasteiger partial charge on any atom is 0.100 e. The number of nitriles is 1. The number of rotatable bonds is 1. The normalized spacial score (nSPS) is 9.18. The van der Waals surface area contributed by atoms with Gasteiger partial charge in [-0.25, -0.2) is 0 Å². The van der Waals surface area contributed by atoms with Crippen LogP contribution >= 0.6 is 27.7 Å². The zero-order chi connectivity index (χ0) is 8.27. The standard InChI is InChI=1S/C8H6BrNS/c1-11-8-3-2-7(9)4-6(8)5-10/h2-4H,1H3. The van der Waals surface area contributed by atoms with Crippen molar-refractivity contribution in [3.63, 3.8) is 0 Å². The average Bonchev–Trinajstić information content (AvgIpc) is 2.04. The summed E-state index contributed by atoms with van der Waals surface area (Å²) >= 11 is 4.89. The Morgan fingerprint density at radius 1 is 1.55 bits per heavy atom. The van der Waals surface area contributed by atoms with Crippen molar-refractivity contribution >= 4 is 27.7 Å². The quantitative estimate of drug-likeness (QED) is 0.689. The fraction of sp³-hybridized carbons (Fsp3) is 0.125. The summed E-state index contributed by atoms with van der Waals surface area (Å²) in [6, 6.07) is 7.84. The van der Waals surface area contributed by atoms with Crippen LogP contribution in [-0.2, 0) is 0 Å². The minimum Gasteiger partial charge on any atom is -0.192 e. The highest BCUT2D eigenvalue weighted by atomic mass is 79.9. The summed E-state index contributed by atoms with van der Waals surface area (Å²) in [5.41, 5.74) is 0.729. The van der Waals surface area contributed by atoms with Gasteiger partial charge in [-0.3, -0.25) is 0 Å². The van der Waals surface area contributed by atoms with E-state index in [9.17, 15) is 0 Å². The first-order valence-electron chi connectivity index (χ1n) is 3.01. The van der Waals surface area contributed by atoms with E-state index in [1.807, 2.05) is 24.5 Å². The Kier molecular flexibility index (Phi) is 2.98. The first-order valence-corrected chi connectivity index (χ1v) is 5.03. The number of benzene rings is 1. The number of hydrogen-bond donors (Lipinski definition) is 0.